The maximum atomic E-state index is 11.8. The predicted molar refractivity (Wildman–Crippen MR) is 72.7 cm³/mol. The summed E-state index contributed by atoms with van der Waals surface area (Å²) in [5.41, 5.74) is 1.18. The molecule has 0 spiro atoms. The van der Waals surface area contributed by atoms with Crippen molar-refractivity contribution in [2.75, 3.05) is 6.61 Å². The average molecular weight is 290 g/mol. The first-order valence-electron chi connectivity index (χ1n) is 6.38. The van der Waals surface area contributed by atoms with Gasteiger partial charge in [0.05, 0.1) is 18.1 Å². The normalized spacial score (nSPS) is 15.8. The van der Waals surface area contributed by atoms with Crippen LogP contribution in [0.4, 0.5) is 0 Å². The van der Waals surface area contributed by atoms with Gasteiger partial charge in [0, 0.05) is 6.20 Å². The van der Waals surface area contributed by atoms with Crippen LogP contribution in [-0.2, 0) is 10.2 Å². The smallest absolute Gasteiger partial charge is 0.360 e. The van der Waals surface area contributed by atoms with Crippen LogP contribution in [0.2, 0.25) is 5.15 Å². The van der Waals surface area contributed by atoms with Crippen molar-refractivity contribution in [3.63, 3.8) is 0 Å². The third-order valence-corrected chi connectivity index (χ3v) is 3.91. The molecule has 3 rings (SSSR count). The van der Waals surface area contributed by atoms with Gasteiger partial charge in [0.1, 0.15) is 10.8 Å². The maximum Gasteiger partial charge on any atom is 0.360 e. The number of nitriles is 1. The molecule has 0 radical (unpaired) electrons. The summed E-state index contributed by atoms with van der Waals surface area (Å²) in [4.78, 5) is 15.9. The lowest BCUT2D eigenvalue weighted by molar-refractivity contribution is 0.0520. The van der Waals surface area contributed by atoms with Gasteiger partial charge in [0.25, 0.3) is 0 Å². The molecule has 2 aromatic heterocycles. The molecule has 1 aliphatic rings. The zero-order chi connectivity index (χ0) is 14.3. The molecule has 0 unspecified atom stereocenters. The van der Waals surface area contributed by atoms with Gasteiger partial charge in [0.15, 0.2) is 5.69 Å². The molecule has 1 aliphatic carbocycles. The Morgan fingerprint density at radius 3 is 2.95 bits per heavy atom. The lowest BCUT2D eigenvalue weighted by Crippen LogP contribution is -2.06. The molecule has 0 aromatic carbocycles. The van der Waals surface area contributed by atoms with Crippen LogP contribution in [0.3, 0.4) is 0 Å². The van der Waals surface area contributed by atoms with Gasteiger partial charge in [-0.25, -0.2) is 9.78 Å². The molecule has 0 bridgehead atoms. The molecule has 0 aliphatic heterocycles. The number of hydrogen-bond donors (Lipinski definition) is 0. The van der Waals surface area contributed by atoms with Gasteiger partial charge in [0.2, 0.25) is 0 Å². The van der Waals surface area contributed by atoms with Crippen LogP contribution >= 0.6 is 11.6 Å². The van der Waals surface area contributed by atoms with Crippen molar-refractivity contribution >= 4 is 23.2 Å². The molecular weight excluding hydrogens is 278 g/mol. The van der Waals surface area contributed by atoms with Crippen molar-refractivity contribution in [1.82, 2.24) is 9.38 Å². The lowest BCUT2D eigenvalue weighted by Gasteiger charge is -2.06. The average Bonchev–Trinajstić information content (AvgIpc) is 3.19. The predicted octanol–water partition coefficient (Wildman–Crippen LogP) is 2.72. The Morgan fingerprint density at radius 2 is 2.35 bits per heavy atom. The maximum absolute atomic E-state index is 11.8. The van der Waals surface area contributed by atoms with Gasteiger partial charge in [-0.1, -0.05) is 17.7 Å². The number of ether oxygens (including phenoxy) is 1. The minimum atomic E-state index is -0.538. The largest absolute Gasteiger partial charge is 0.461 e. The highest BCUT2D eigenvalue weighted by Gasteiger charge is 2.45. The van der Waals surface area contributed by atoms with Crippen LogP contribution in [0.15, 0.2) is 18.3 Å². The third kappa shape index (κ3) is 1.84. The van der Waals surface area contributed by atoms with E-state index >= 15 is 0 Å². The number of carbonyl (C=O) groups excluding carboxylic acids is 1. The van der Waals surface area contributed by atoms with E-state index in [4.69, 9.17) is 16.3 Å². The molecule has 0 amide bonds. The molecule has 6 heteroatoms. The topological polar surface area (TPSA) is 67.4 Å². The number of hydrogen-bond acceptors (Lipinski definition) is 4. The molecule has 0 saturated heterocycles. The second kappa shape index (κ2) is 4.50. The summed E-state index contributed by atoms with van der Waals surface area (Å²) in [6.07, 6.45) is 3.49. The van der Waals surface area contributed by atoms with Crippen molar-refractivity contribution in [3.8, 4) is 6.07 Å². The van der Waals surface area contributed by atoms with Gasteiger partial charge >= 0.3 is 5.97 Å². The molecule has 102 valence electrons. The Hall–Kier alpha value is -2.06. The Balaban J connectivity index is 2.09. The van der Waals surface area contributed by atoms with E-state index < -0.39 is 11.4 Å². The fraction of sp³-hybridized carbons (Fsp3) is 0.357. The highest BCUT2D eigenvalue weighted by Crippen LogP contribution is 2.47. The Labute approximate surface area is 120 Å². The number of aromatic nitrogens is 2. The molecule has 2 aromatic rings. The zero-order valence-electron chi connectivity index (χ0n) is 10.9. The Bertz CT molecular complexity index is 741. The first-order valence-corrected chi connectivity index (χ1v) is 6.75. The number of rotatable bonds is 3. The molecule has 1 saturated carbocycles. The van der Waals surface area contributed by atoms with Gasteiger partial charge in [-0.2, -0.15) is 5.26 Å². The van der Waals surface area contributed by atoms with Crippen LogP contribution in [-0.4, -0.2) is 22.0 Å². The third-order valence-electron chi connectivity index (χ3n) is 3.55. The van der Waals surface area contributed by atoms with E-state index in [0.717, 1.165) is 18.4 Å². The SMILES string of the molecule is CCOC(=O)c1nc2ccc(C3(C#N)CC3)cn2c1Cl. The van der Waals surface area contributed by atoms with E-state index in [1.807, 2.05) is 6.07 Å². The van der Waals surface area contributed by atoms with E-state index in [1.165, 1.54) is 0 Å². The molecule has 20 heavy (non-hydrogen) atoms. The minimum absolute atomic E-state index is 0.104. The number of pyridine rings is 1. The van der Waals surface area contributed by atoms with Gasteiger partial charge in [-0.15, -0.1) is 0 Å². The Morgan fingerprint density at radius 1 is 1.60 bits per heavy atom. The molecule has 0 N–H and O–H groups in total. The van der Waals surface area contributed by atoms with Gasteiger partial charge in [-0.3, -0.25) is 4.40 Å². The summed E-state index contributed by atoms with van der Waals surface area (Å²) in [6.45, 7) is 2.00. The molecule has 0 atom stereocenters. The van der Waals surface area contributed by atoms with E-state index in [-0.39, 0.29) is 17.5 Å². The van der Waals surface area contributed by atoms with Crippen LogP contribution in [0.25, 0.3) is 5.65 Å². The number of carbonyl (C=O) groups is 1. The standard InChI is InChI=1S/C14H12ClN3O2/c1-2-20-13(19)11-12(15)18-7-9(3-4-10(18)17-11)14(8-16)5-6-14/h3-4,7H,2,5-6H2,1H3. The van der Waals surface area contributed by atoms with Gasteiger partial charge in [-0.05, 0) is 31.4 Å². The van der Waals surface area contributed by atoms with E-state index in [0.29, 0.717) is 5.65 Å². The molecular formula is C14H12ClN3O2. The zero-order valence-corrected chi connectivity index (χ0v) is 11.6. The number of halogens is 1. The summed E-state index contributed by atoms with van der Waals surface area (Å²) in [6, 6.07) is 5.96. The summed E-state index contributed by atoms with van der Waals surface area (Å²) >= 11 is 6.19. The summed E-state index contributed by atoms with van der Waals surface area (Å²) in [5, 5.41) is 9.45. The van der Waals surface area contributed by atoms with Crippen molar-refractivity contribution in [2.24, 2.45) is 0 Å². The van der Waals surface area contributed by atoms with Crippen molar-refractivity contribution < 1.29 is 9.53 Å². The number of fused-ring (bicyclic) bond motifs is 1. The summed E-state index contributed by atoms with van der Waals surface area (Å²) < 4.78 is 6.54. The number of esters is 1. The number of imidazole rings is 1. The highest BCUT2D eigenvalue weighted by molar-refractivity contribution is 6.32. The first kappa shape index (κ1) is 12.9. The molecule has 1 fully saturated rings. The van der Waals surface area contributed by atoms with E-state index in [2.05, 4.69) is 11.1 Å². The van der Waals surface area contributed by atoms with Gasteiger partial charge < -0.3 is 4.74 Å². The molecule has 2 heterocycles. The first-order chi connectivity index (χ1) is 9.61. The summed E-state index contributed by atoms with van der Waals surface area (Å²) in [7, 11) is 0. The second-order valence-electron chi connectivity index (χ2n) is 4.81. The van der Waals surface area contributed by atoms with Crippen molar-refractivity contribution in [3.05, 3.63) is 34.7 Å². The van der Waals surface area contributed by atoms with Crippen LogP contribution in [0.1, 0.15) is 35.8 Å². The lowest BCUT2D eigenvalue weighted by atomic mass is 10.00. The monoisotopic (exact) mass is 289 g/mol. The van der Waals surface area contributed by atoms with E-state index in [1.54, 1.807) is 23.6 Å². The Kier molecular flexibility index (Phi) is 2.91. The molecule has 5 nitrogen and oxygen atoms in total. The van der Waals surface area contributed by atoms with Crippen LogP contribution < -0.4 is 0 Å². The van der Waals surface area contributed by atoms with Crippen LogP contribution in [0, 0.1) is 11.3 Å². The highest BCUT2D eigenvalue weighted by atomic mass is 35.5. The summed E-state index contributed by atoms with van der Waals surface area (Å²) in [5.74, 6) is -0.538. The van der Waals surface area contributed by atoms with E-state index in [9.17, 15) is 10.1 Å². The van der Waals surface area contributed by atoms with Crippen molar-refractivity contribution in [2.45, 2.75) is 25.2 Å². The number of nitrogens with zero attached hydrogens (tertiary/aromatic N) is 3. The second-order valence-corrected chi connectivity index (χ2v) is 5.17. The minimum Gasteiger partial charge on any atom is -0.461 e. The quantitative estimate of drug-likeness (QED) is 0.815. The van der Waals surface area contributed by atoms with Crippen LogP contribution in [0.5, 0.6) is 0 Å². The fourth-order valence-corrected chi connectivity index (χ4v) is 2.47. The fourth-order valence-electron chi connectivity index (χ4n) is 2.22. The van der Waals surface area contributed by atoms with Crippen molar-refractivity contribution in [1.29, 1.82) is 5.26 Å².